The van der Waals surface area contributed by atoms with Gasteiger partial charge in [0.1, 0.15) is 17.2 Å². The fraction of sp³-hybridized carbons (Fsp3) is 0.261. The Labute approximate surface area is 198 Å². The molecule has 2 N–H and O–H groups in total. The second kappa shape index (κ2) is 9.36. The number of rotatable bonds is 5. The lowest BCUT2D eigenvalue weighted by molar-refractivity contribution is 0.0635. The predicted molar refractivity (Wildman–Crippen MR) is 129 cm³/mol. The number of nitrogens with one attached hydrogen (secondary N) is 2. The number of anilines is 2. The molecule has 10 heteroatoms. The average molecular weight is 489 g/mol. The standard InChI is InChI=1S/C23H25ClN4O4S/c1-14-7-6-8-15(2)20(14)21-17(24)9-10-18(26-21)28-33(30,31)16-11-12-25-19(13-16)27-22(29)32-23(3,4)5/h6-13H,1-5H3,(H,26,28)(H,25,27,29). The topological polar surface area (TPSA) is 110 Å². The minimum atomic E-state index is -4.03. The van der Waals surface area contributed by atoms with E-state index in [9.17, 15) is 13.2 Å². The third kappa shape index (κ3) is 6.21. The molecule has 8 nitrogen and oxygen atoms in total. The maximum atomic E-state index is 13.0. The molecule has 3 rings (SSSR count). The van der Waals surface area contributed by atoms with E-state index in [0.29, 0.717) is 10.7 Å². The fourth-order valence-corrected chi connectivity index (χ4v) is 4.33. The van der Waals surface area contributed by atoms with Crippen molar-refractivity contribution in [2.45, 2.75) is 45.1 Å². The lowest BCUT2D eigenvalue weighted by atomic mass is 9.99. The molecule has 0 saturated carbocycles. The largest absolute Gasteiger partial charge is 0.444 e. The lowest BCUT2D eigenvalue weighted by Crippen LogP contribution is -2.27. The summed E-state index contributed by atoms with van der Waals surface area (Å²) in [5, 5.41) is 2.83. The number of amides is 1. The van der Waals surface area contributed by atoms with Crippen molar-refractivity contribution < 1.29 is 17.9 Å². The van der Waals surface area contributed by atoms with E-state index in [4.69, 9.17) is 16.3 Å². The maximum Gasteiger partial charge on any atom is 0.413 e. The highest BCUT2D eigenvalue weighted by Crippen LogP contribution is 2.32. The van der Waals surface area contributed by atoms with Crippen LogP contribution < -0.4 is 10.0 Å². The van der Waals surface area contributed by atoms with Crippen LogP contribution in [0.1, 0.15) is 31.9 Å². The first-order valence-electron chi connectivity index (χ1n) is 10.1. The van der Waals surface area contributed by atoms with Crippen molar-refractivity contribution in [2.75, 3.05) is 10.0 Å². The van der Waals surface area contributed by atoms with Gasteiger partial charge in [-0.15, -0.1) is 0 Å². The van der Waals surface area contributed by atoms with Crippen molar-refractivity contribution in [3.8, 4) is 11.3 Å². The van der Waals surface area contributed by atoms with Crippen LogP contribution in [0.4, 0.5) is 16.4 Å². The van der Waals surface area contributed by atoms with Crippen LogP contribution >= 0.6 is 11.6 Å². The predicted octanol–water partition coefficient (Wildman–Crippen LogP) is 5.56. The monoisotopic (exact) mass is 488 g/mol. The van der Waals surface area contributed by atoms with Gasteiger partial charge < -0.3 is 4.74 Å². The molecule has 2 aromatic heterocycles. The molecule has 0 bridgehead atoms. The minimum absolute atomic E-state index is 0.0346. The van der Waals surface area contributed by atoms with E-state index in [2.05, 4.69) is 20.0 Å². The Morgan fingerprint density at radius 1 is 1.03 bits per heavy atom. The normalized spacial score (nSPS) is 11.7. The zero-order valence-electron chi connectivity index (χ0n) is 18.9. The Morgan fingerprint density at radius 2 is 1.70 bits per heavy atom. The van der Waals surface area contributed by atoms with Crippen molar-refractivity contribution in [3.05, 3.63) is 64.8 Å². The number of ether oxygens (including phenoxy) is 1. The molecule has 0 unspecified atom stereocenters. The number of benzene rings is 1. The van der Waals surface area contributed by atoms with E-state index in [0.717, 1.165) is 16.7 Å². The van der Waals surface area contributed by atoms with Crippen LogP contribution in [0.5, 0.6) is 0 Å². The van der Waals surface area contributed by atoms with Crippen LogP contribution in [0.3, 0.4) is 0 Å². The van der Waals surface area contributed by atoms with E-state index >= 15 is 0 Å². The van der Waals surface area contributed by atoms with Gasteiger partial charge in [-0.1, -0.05) is 29.8 Å². The molecule has 0 spiro atoms. The maximum absolute atomic E-state index is 13.0. The van der Waals surface area contributed by atoms with E-state index < -0.39 is 21.7 Å². The summed E-state index contributed by atoms with van der Waals surface area (Å²) in [5.41, 5.74) is 2.56. The van der Waals surface area contributed by atoms with Gasteiger partial charge in [-0.3, -0.25) is 10.0 Å². The Balaban J connectivity index is 1.88. The van der Waals surface area contributed by atoms with Crippen LogP contribution in [-0.4, -0.2) is 30.1 Å². The Morgan fingerprint density at radius 3 is 2.33 bits per heavy atom. The summed E-state index contributed by atoms with van der Waals surface area (Å²) in [6, 6.07) is 11.4. The summed E-state index contributed by atoms with van der Waals surface area (Å²) in [7, 11) is -4.03. The number of aromatic nitrogens is 2. The van der Waals surface area contributed by atoms with Gasteiger partial charge in [0.2, 0.25) is 0 Å². The first-order valence-corrected chi connectivity index (χ1v) is 11.9. The first kappa shape index (κ1) is 24.5. The molecular formula is C23H25ClN4O4S. The molecule has 0 radical (unpaired) electrons. The summed E-state index contributed by atoms with van der Waals surface area (Å²) in [6.07, 6.45) is 0.536. The molecule has 0 aliphatic rings. The SMILES string of the molecule is Cc1cccc(C)c1-c1nc(NS(=O)(=O)c2ccnc(NC(=O)OC(C)(C)C)c2)ccc1Cl. The van der Waals surface area contributed by atoms with Gasteiger partial charge in [0.15, 0.2) is 0 Å². The number of carbonyl (C=O) groups excluding carboxylic acids is 1. The molecule has 0 atom stereocenters. The highest BCUT2D eigenvalue weighted by atomic mass is 35.5. The van der Waals surface area contributed by atoms with Crippen LogP contribution in [0.25, 0.3) is 11.3 Å². The zero-order chi connectivity index (χ0) is 24.4. The second-order valence-corrected chi connectivity index (χ2v) is 10.5. The zero-order valence-corrected chi connectivity index (χ0v) is 20.5. The molecule has 0 aliphatic heterocycles. The number of halogens is 1. The van der Waals surface area contributed by atoms with Crippen LogP contribution in [0.2, 0.25) is 5.02 Å². The van der Waals surface area contributed by atoms with Crippen LogP contribution in [0, 0.1) is 13.8 Å². The van der Waals surface area contributed by atoms with E-state index in [1.54, 1.807) is 26.8 Å². The smallest absolute Gasteiger partial charge is 0.413 e. The van der Waals surface area contributed by atoms with Crippen molar-refractivity contribution in [1.82, 2.24) is 9.97 Å². The molecule has 174 valence electrons. The molecule has 1 amide bonds. The second-order valence-electron chi connectivity index (χ2n) is 8.40. The minimum Gasteiger partial charge on any atom is -0.444 e. The number of aryl methyl sites for hydroxylation is 2. The van der Waals surface area contributed by atoms with E-state index in [-0.39, 0.29) is 16.5 Å². The summed E-state index contributed by atoms with van der Waals surface area (Å²) < 4.78 is 33.6. The van der Waals surface area contributed by atoms with Gasteiger partial charge in [0.25, 0.3) is 10.0 Å². The molecule has 0 saturated heterocycles. The molecular weight excluding hydrogens is 464 g/mol. The summed E-state index contributed by atoms with van der Waals surface area (Å²) in [4.78, 5) is 20.3. The van der Waals surface area contributed by atoms with Gasteiger partial charge in [-0.25, -0.2) is 23.2 Å². The van der Waals surface area contributed by atoms with E-state index in [1.165, 1.54) is 24.4 Å². The number of nitrogens with zero attached hydrogens (tertiary/aromatic N) is 2. The van der Waals surface area contributed by atoms with Crippen LogP contribution in [-0.2, 0) is 14.8 Å². The molecule has 2 heterocycles. The number of hydrogen-bond acceptors (Lipinski definition) is 6. The third-order valence-electron chi connectivity index (χ3n) is 4.47. The summed E-state index contributed by atoms with van der Waals surface area (Å²) in [5.74, 6) is 0.142. The Hall–Kier alpha value is -3.17. The Bertz CT molecular complexity index is 1280. The fourth-order valence-electron chi connectivity index (χ4n) is 3.11. The van der Waals surface area contributed by atoms with Gasteiger partial charge in [-0.05, 0) is 63.9 Å². The molecule has 33 heavy (non-hydrogen) atoms. The molecule has 0 aliphatic carbocycles. The average Bonchev–Trinajstić information content (AvgIpc) is 2.68. The van der Waals surface area contributed by atoms with Crippen molar-refractivity contribution in [1.29, 1.82) is 0 Å². The van der Waals surface area contributed by atoms with Crippen LogP contribution in [0.15, 0.2) is 53.6 Å². The molecule has 3 aromatic rings. The third-order valence-corrected chi connectivity index (χ3v) is 6.13. The van der Waals surface area contributed by atoms with Gasteiger partial charge >= 0.3 is 6.09 Å². The first-order chi connectivity index (χ1) is 15.4. The number of pyridine rings is 2. The Kier molecular flexibility index (Phi) is 6.94. The van der Waals surface area contributed by atoms with Gasteiger partial charge in [0.05, 0.1) is 15.6 Å². The summed E-state index contributed by atoms with van der Waals surface area (Å²) in [6.45, 7) is 9.03. The highest BCUT2D eigenvalue weighted by Gasteiger charge is 2.20. The van der Waals surface area contributed by atoms with E-state index in [1.807, 2.05) is 32.0 Å². The van der Waals surface area contributed by atoms with Crippen molar-refractivity contribution in [3.63, 3.8) is 0 Å². The summed E-state index contributed by atoms with van der Waals surface area (Å²) >= 11 is 6.38. The quantitative estimate of drug-likeness (QED) is 0.486. The number of hydrogen-bond donors (Lipinski definition) is 2. The number of carbonyl (C=O) groups is 1. The molecule has 0 fully saturated rings. The van der Waals surface area contributed by atoms with Crippen molar-refractivity contribution in [2.24, 2.45) is 0 Å². The van der Waals surface area contributed by atoms with Crippen molar-refractivity contribution >= 4 is 39.4 Å². The molecule has 1 aromatic carbocycles. The highest BCUT2D eigenvalue weighted by molar-refractivity contribution is 7.92. The van der Waals surface area contributed by atoms with Gasteiger partial charge in [0, 0.05) is 17.8 Å². The number of sulfonamides is 1. The lowest BCUT2D eigenvalue weighted by Gasteiger charge is -2.19. The van der Waals surface area contributed by atoms with Gasteiger partial charge in [-0.2, -0.15) is 0 Å².